The standard InChI is InChI=1S/2C13H28O.C12H22O4/c2*1-13(2)11-9-7-5-3-4-6-8-10-12-14;13-11(14)9-7-5-3-1-2-4-6-8-10-12(15)16/h2*13-14H,3-12H2,1-2H3;1-10H2,(H,13,14)(H,15,16). The van der Waals surface area contributed by atoms with E-state index in [9.17, 15) is 9.59 Å². The van der Waals surface area contributed by atoms with E-state index in [1.807, 2.05) is 0 Å². The number of carbonyl (C=O) groups is 2. The van der Waals surface area contributed by atoms with E-state index < -0.39 is 11.9 Å². The molecule has 266 valence electrons. The fraction of sp³-hybridized carbons (Fsp3) is 0.947. The minimum atomic E-state index is -0.714. The molecular formula is C38H78O6. The SMILES string of the molecule is CC(C)CCCCCCCCCCO.CC(C)CCCCCCCCCCO.O=C(O)CCCCCCCCCCC(=O)O. The van der Waals surface area contributed by atoms with Gasteiger partial charge in [-0.25, -0.2) is 0 Å². The second-order valence-electron chi connectivity index (χ2n) is 13.6. The van der Waals surface area contributed by atoms with Crippen LogP contribution in [0.25, 0.3) is 0 Å². The molecule has 0 unspecified atom stereocenters. The van der Waals surface area contributed by atoms with E-state index in [0.29, 0.717) is 13.2 Å². The van der Waals surface area contributed by atoms with Gasteiger partial charge in [0.1, 0.15) is 0 Å². The van der Waals surface area contributed by atoms with Crippen LogP contribution in [0.3, 0.4) is 0 Å². The summed E-state index contributed by atoms with van der Waals surface area (Å²) in [7, 11) is 0. The van der Waals surface area contributed by atoms with Gasteiger partial charge in [-0.15, -0.1) is 0 Å². The molecule has 0 aliphatic rings. The number of hydrogen-bond donors (Lipinski definition) is 4. The second-order valence-corrected chi connectivity index (χ2v) is 13.6. The molecule has 0 aliphatic heterocycles. The first kappa shape index (κ1) is 47.3. The van der Waals surface area contributed by atoms with E-state index in [1.165, 1.54) is 103 Å². The number of rotatable bonds is 31. The lowest BCUT2D eigenvalue weighted by Gasteiger charge is -2.04. The Kier molecular flexibility index (Phi) is 45.0. The average Bonchev–Trinajstić information content (AvgIpc) is 2.96. The predicted octanol–water partition coefficient (Wildman–Crippen LogP) is 11.3. The van der Waals surface area contributed by atoms with Crippen LogP contribution in [-0.4, -0.2) is 45.6 Å². The molecule has 4 N–H and O–H groups in total. The first-order chi connectivity index (χ1) is 21.2. The number of aliphatic hydroxyl groups excluding tert-OH is 2. The number of aliphatic hydroxyl groups is 2. The maximum atomic E-state index is 10.2. The topological polar surface area (TPSA) is 115 Å². The van der Waals surface area contributed by atoms with E-state index in [4.69, 9.17) is 20.4 Å². The first-order valence-corrected chi connectivity index (χ1v) is 18.8. The van der Waals surface area contributed by atoms with Gasteiger partial charge in [0, 0.05) is 26.1 Å². The summed E-state index contributed by atoms with van der Waals surface area (Å²) in [5.74, 6) is 0.321. The molecule has 0 aromatic heterocycles. The zero-order valence-electron chi connectivity index (χ0n) is 30.0. The Morgan fingerprint density at radius 3 is 0.773 bits per heavy atom. The number of aliphatic carboxylic acids is 2. The third-order valence-corrected chi connectivity index (χ3v) is 7.91. The number of carboxylic acids is 2. The van der Waals surface area contributed by atoms with Crippen molar-refractivity contribution < 1.29 is 30.0 Å². The molecule has 0 aliphatic carbocycles. The van der Waals surface area contributed by atoms with E-state index in [2.05, 4.69) is 27.7 Å². The van der Waals surface area contributed by atoms with Crippen molar-refractivity contribution >= 4 is 11.9 Å². The highest BCUT2D eigenvalue weighted by Crippen LogP contribution is 2.14. The summed E-state index contributed by atoms with van der Waals surface area (Å²) < 4.78 is 0. The average molecular weight is 631 g/mol. The molecule has 0 amide bonds. The van der Waals surface area contributed by atoms with Gasteiger partial charge in [-0.2, -0.15) is 0 Å². The van der Waals surface area contributed by atoms with Crippen molar-refractivity contribution in [3.63, 3.8) is 0 Å². The largest absolute Gasteiger partial charge is 0.481 e. The van der Waals surface area contributed by atoms with Crippen molar-refractivity contribution in [2.24, 2.45) is 11.8 Å². The van der Waals surface area contributed by atoms with E-state index in [0.717, 1.165) is 76.0 Å². The molecule has 0 aromatic carbocycles. The summed E-state index contributed by atoms with van der Waals surface area (Å²) in [4.78, 5) is 20.4. The lowest BCUT2D eigenvalue weighted by Crippen LogP contribution is -1.94. The highest BCUT2D eigenvalue weighted by molar-refractivity contribution is 5.66. The second kappa shape index (κ2) is 41.9. The van der Waals surface area contributed by atoms with Crippen molar-refractivity contribution in [1.29, 1.82) is 0 Å². The molecule has 0 rings (SSSR count). The Morgan fingerprint density at radius 2 is 0.568 bits per heavy atom. The molecule has 44 heavy (non-hydrogen) atoms. The number of hydrogen-bond acceptors (Lipinski definition) is 4. The quantitative estimate of drug-likeness (QED) is 0.0566. The third kappa shape index (κ3) is 56.6. The van der Waals surface area contributed by atoms with E-state index >= 15 is 0 Å². The van der Waals surface area contributed by atoms with Crippen molar-refractivity contribution in [2.45, 2.75) is 207 Å². The van der Waals surface area contributed by atoms with Crippen LogP contribution in [0, 0.1) is 11.8 Å². The smallest absolute Gasteiger partial charge is 0.303 e. The van der Waals surface area contributed by atoms with Gasteiger partial charge in [-0.3, -0.25) is 9.59 Å². The Balaban J connectivity index is -0.000000575. The van der Waals surface area contributed by atoms with E-state index in [-0.39, 0.29) is 12.8 Å². The van der Waals surface area contributed by atoms with Crippen molar-refractivity contribution in [3.05, 3.63) is 0 Å². The van der Waals surface area contributed by atoms with Gasteiger partial charge >= 0.3 is 11.9 Å². The summed E-state index contributed by atoms with van der Waals surface area (Å²) >= 11 is 0. The molecular weight excluding hydrogens is 552 g/mol. The molecule has 0 atom stereocenters. The Hall–Kier alpha value is -1.14. The lowest BCUT2D eigenvalue weighted by atomic mass is 10.0. The van der Waals surface area contributed by atoms with Crippen molar-refractivity contribution in [2.75, 3.05) is 13.2 Å². The van der Waals surface area contributed by atoms with Gasteiger partial charge in [0.2, 0.25) is 0 Å². The molecule has 0 saturated carbocycles. The van der Waals surface area contributed by atoms with Gasteiger partial charge in [0.25, 0.3) is 0 Å². The fourth-order valence-electron chi connectivity index (χ4n) is 5.06. The fourth-order valence-corrected chi connectivity index (χ4v) is 5.06. The Morgan fingerprint density at radius 1 is 0.364 bits per heavy atom. The summed E-state index contributed by atoms with van der Waals surface area (Å²) in [6, 6.07) is 0. The maximum absolute atomic E-state index is 10.2. The van der Waals surface area contributed by atoms with E-state index in [1.54, 1.807) is 0 Å². The molecule has 0 fully saturated rings. The van der Waals surface area contributed by atoms with Crippen LogP contribution in [0.2, 0.25) is 0 Å². The van der Waals surface area contributed by atoms with Crippen LogP contribution in [0.15, 0.2) is 0 Å². The van der Waals surface area contributed by atoms with Gasteiger partial charge in [-0.1, -0.05) is 169 Å². The van der Waals surface area contributed by atoms with Gasteiger partial charge in [0.15, 0.2) is 0 Å². The highest BCUT2D eigenvalue weighted by Gasteiger charge is 1.99. The first-order valence-electron chi connectivity index (χ1n) is 18.8. The summed E-state index contributed by atoms with van der Waals surface area (Å²) in [6.07, 6.45) is 32.3. The summed E-state index contributed by atoms with van der Waals surface area (Å²) in [6.45, 7) is 9.94. The molecule has 0 radical (unpaired) electrons. The van der Waals surface area contributed by atoms with Crippen LogP contribution in [0.5, 0.6) is 0 Å². The lowest BCUT2D eigenvalue weighted by molar-refractivity contribution is -0.138. The molecule has 0 spiro atoms. The zero-order chi connectivity index (χ0) is 33.5. The van der Waals surface area contributed by atoms with Crippen LogP contribution in [0.1, 0.15) is 207 Å². The Labute approximate surface area is 274 Å². The normalized spacial score (nSPS) is 10.8. The molecule has 0 bridgehead atoms. The summed E-state index contributed by atoms with van der Waals surface area (Å²) in [5.41, 5.74) is 0. The number of carboxylic acid groups (broad SMARTS) is 2. The molecule has 6 nitrogen and oxygen atoms in total. The molecule has 0 aromatic rings. The van der Waals surface area contributed by atoms with Gasteiger partial charge < -0.3 is 20.4 Å². The monoisotopic (exact) mass is 631 g/mol. The van der Waals surface area contributed by atoms with Crippen LogP contribution >= 0.6 is 0 Å². The van der Waals surface area contributed by atoms with Crippen molar-refractivity contribution in [3.8, 4) is 0 Å². The summed E-state index contributed by atoms with van der Waals surface area (Å²) in [5, 5.41) is 34.0. The molecule has 0 heterocycles. The van der Waals surface area contributed by atoms with Gasteiger partial charge in [-0.05, 0) is 37.5 Å². The minimum absolute atomic E-state index is 0.276. The zero-order valence-corrected chi connectivity index (χ0v) is 30.0. The maximum Gasteiger partial charge on any atom is 0.303 e. The van der Waals surface area contributed by atoms with Crippen molar-refractivity contribution in [1.82, 2.24) is 0 Å². The third-order valence-electron chi connectivity index (χ3n) is 7.91. The predicted molar refractivity (Wildman–Crippen MR) is 188 cm³/mol. The molecule has 6 heteroatoms. The van der Waals surface area contributed by atoms with Crippen LogP contribution in [0.4, 0.5) is 0 Å². The van der Waals surface area contributed by atoms with Crippen LogP contribution < -0.4 is 0 Å². The van der Waals surface area contributed by atoms with Crippen LogP contribution in [-0.2, 0) is 9.59 Å². The van der Waals surface area contributed by atoms with Gasteiger partial charge in [0.05, 0.1) is 0 Å². The highest BCUT2D eigenvalue weighted by atomic mass is 16.4. The molecule has 0 saturated heterocycles. The Bertz CT molecular complexity index is 501. The number of unbranched alkanes of at least 4 members (excludes halogenated alkanes) is 21. The minimum Gasteiger partial charge on any atom is -0.481 e.